The van der Waals surface area contributed by atoms with Crippen LogP contribution in [0.25, 0.3) is 0 Å². The second kappa shape index (κ2) is 7.43. The monoisotopic (exact) mass is 453 g/mol. The van der Waals surface area contributed by atoms with Crippen LogP contribution in [0, 0.1) is 52.3 Å². The van der Waals surface area contributed by atoms with Crippen molar-refractivity contribution in [1.29, 1.82) is 0 Å². The molecule has 0 amide bonds. The van der Waals surface area contributed by atoms with Gasteiger partial charge in [0.05, 0.1) is 18.2 Å². The van der Waals surface area contributed by atoms with Crippen molar-refractivity contribution in [2.45, 2.75) is 96.8 Å². The summed E-state index contributed by atoms with van der Waals surface area (Å²) < 4.78 is 1.66. The number of rotatable bonds is 4. The molecule has 1 aromatic rings. The molecule has 11 atom stereocenters. The molecular weight excluding hydrogens is 410 g/mol. The van der Waals surface area contributed by atoms with Crippen molar-refractivity contribution in [1.82, 2.24) is 4.57 Å². The van der Waals surface area contributed by atoms with E-state index in [-0.39, 0.29) is 17.1 Å². The first kappa shape index (κ1) is 22.3. The number of nitrogens with zero attached hydrogens (tertiary/aromatic N) is 1. The van der Waals surface area contributed by atoms with E-state index in [1.807, 2.05) is 6.07 Å². The van der Waals surface area contributed by atoms with Crippen molar-refractivity contribution in [3.63, 3.8) is 0 Å². The fraction of sp³-hybridized carbons (Fsp3) is 0.828. The van der Waals surface area contributed by atoms with Gasteiger partial charge < -0.3 is 14.8 Å². The van der Waals surface area contributed by atoms with Gasteiger partial charge in [-0.15, -0.1) is 0 Å². The number of aliphatic hydroxyl groups excluding tert-OH is 1. The molecule has 1 unspecified atom stereocenters. The average Bonchev–Trinajstić information content (AvgIpc) is 3.35. The summed E-state index contributed by atoms with van der Waals surface area (Å²) in [7, 11) is 0. The molecule has 0 saturated heterocycles. The van der Waals surface area contributed by atoms with Crippen LogP contribution in [-0.2, 0) is 6.54 Å². The molecule has 2 N–H and O–H groups in total. The molecule has 4 nitrogen and oxygen atoms in total. The van der Waals surface area contributed by atoms with Gasteiger partial charge in [-0.3, -0.25) is 4.79 Å². The standard InChI is InChI=1S/C29H43NO3/c1-18(25(31)17-30-15-5-4-6-26(30)32)20-9-10-21-19-7-8-23-24-16-29(24,33)14-13-28(23,3)22(19)11-12-27(20,21)2/h4-6,15,18-25,31,33H,7-14,16-17H2,1-3H3/t18-,19-,20+,21-,22-,23+,24?,25+,27+,28+,29-/m0/s1. The number of hydrogen-bond donors (Lipinski definition) is 2. The molecule has 1 heterocycles. The Morgan fingerprint density at radius 3 is 2.52 bits per heavy atom. The third-order valence-electron chi connectivity index (χ3n) is 12.2. The zero-order valence-corrected chi connectivity index (χ0v) is 20.7. The van der Waals surface area contributed by atoms with Crippen LogP contribution in [0.3, 0.4) is 0 Å². The SMILES string of the molecule is C[C@H]([C@H](O)Cn1ccccc1=O)[C@H]1CC[C@H]2[C@@H]3CC[C@@H]4C5C[C@@]5(O)CC[C@]4(C)[C@H]3CC[C@]12C. The Kier molecular flexibility index (Phi) is 5.03. The highest BCUT2D eigenvalue weighted by Crippen LogP contribution is 2.73. The first-order valence-corrected chi connectivity index (χ1v) is 13.7. The smallest absolute Gasteiger partial charge is 0.250 e. The Bertz CT molecular complexity index is 974. The van der Waals surface area contributed by atoms with Gasteiger partial charge in [-0.25, -0.2) is 0 Å². The van der Waals surface area contributed by atoms with E-state index in [2.05, 4.69) is 20.8 Å². The maximum atomic E-state index is 12.2. The molecule has 33 heavy (non-hydrogen) atoms. The number of hydrogen-bond acceptors (Lipinski definition) is 3. The Morgan fingerprint density at radius 1 is 0.970 bits per heavy atom. The lowest BCUT2D eigenvalue weighted by Gasteiger charge is -2.61. The third kappa shape index (κ3) is 3.19. The van der Waals surface area contributed by atoms with Crippen LogP contribution in [0.4, 0.5) is 0 Å². The summed E-state index contributed by atoms with van der Waals surface area (Å²) in [4.78, 5) is 12.2. The molecule has 0 radical (unpaired) electrons. The molecule has 5 fully saturated rings. The van der Waals surface area contributed by atoms with Crippen molar-refractivity contribution in [2.75, 3.05) is 0 Å². The largest absolute Gasteiger partial charge is 0.391 e. The predicted molar refractivity (Wildman–Crippen MR) is 130 cm³/mol. The Morgan fingerprint density at radius 2 is 1.73 bits per heavy atom. The van der Waals surface area contributed by atoms with Crippen LogP contribution in [0.2, 0.25) is 0 Å². The van der Waals surface area contributed by atoms with Gasteiger partial charge in [0.15, 0.2) is 0 Å². The first-order chi connectivity index (χ1) is 15.7. The molecule has 4 heteroatoms. The van der Waals surface area contributed by atoms with Crippen molar-refractivity contribution in [3.05, 3.63) is 34.7 Å². The van der Waals surface area contributed by atoms with Crippen molar-refractivity contribution < 1.29 is 10.2 Å². The Balaban J connectivity index is 1.20. The lowest BCUT2D eigenvalue weighted by atomic mass is 9.44. The van der Waals surface area contributed by atoms with Crippen LogP contribution in [0.1, 0.15) is 78.6 Å². The quantitative estimate of drug-likeness (QED) is 0.684. The molecule has 182 valence electrons. The number of pyridine rings is 1. The topological polar surface area (TPSA) is 62.5 Å². The molecule has 5 saturated carbocycles. The van der Waals surface area contributed by atoms with Gasteiger partial charge in [0.1, 0.15) is 0 Å². The van der Waals surface area contributed by atoms with E-state index in [1.165, 1.54) is 44.9 Å². The molecule has 5 aliphatic rings. The summed E-state index contributed by atoms with van der Waals surface area (Å²) >= 11 is 0. The first-order valence-electron chi connectivity index (χ1n) is 13.7. The van der Waals surface area contributed by atoms with Crippen LogP contribution < -0.4 is 5.56 Å². The van der Waals surface area contributed by atoms with Crippen LogP contribution in [0.15, 0.2) is 29.2 Å². The highest BCUT2D eigenvalue weighted by molar-refractivity contribution is 5.18. The fourth-order valence-corrected chi connectivity index (χ4v) is 10.3. The van der Waals surface area contributed by atoms with Gasteiger partial charge in [-0.1, -0.05) is 26.8 Å². The number of aliphatic hydroxyl groups is 2. The summed E-state index contributed by atoms with van der Waals surface area (Å²) in [6.07, 6.45) is 12.4. The number of fused-ring (bicyclic) bond motifs is 7. The van der Waals surface area contributed by atoms with Crippen molar-refractivity contribution in [3.8, 4) is 0 Å². The summed E-state index contributed by atoms with van der Waals surface area (Å²) in [6, 6.07) is 5.22. The van der Waals surface area contributed by atoms with Gasteiger partial charge in [0.2, 0.25) is 0 Å². The zero-order valence-electron chi connectivity index (χ0n) is 20.7. The minimum absolute atomic E-state index is 0.0279. The molecular formula is C29H43NO3. The lowest BCUT2D eigenvalue weighted by molar-refractivity contribution is -0.134. The molecule has 0 spiro atoms. The van der Waals surface area contributed by atoms with Crippen molar-refractivity contribution >= 4 is 0 Å². The normalized spacial score (nSPS) is 49.8. The van der Waals surface area contributed by atoms with Gasteiger partial charge in [0.25, 0.3) is 5.56 Å². The van der Waals surface area contributed by atoms with Gasteiger partial charge in [0, 0.05) is 12.3 Å². The minimum Gasteiger partial charge on any atom is -0.391 e. The van der Waals surface area contributed by atoms with Gasteiger partial charge >= 0.3 is 0 Å². The third-order valence-corrected chi connectivity index (χ3v) is 12.2. The van der Waals surface area contributed by atoms with Crippen molar-refractivity contribution in [2.24, 2.45) is 52.3 Å². The fourth-order valence-electron chi connectivity index (χ4n) is 10.3. The van der Waals surface area contributed by atoms with Crippen LogP contribution in [-0.4, -0.2) is 26.5 Å². The summed E-state index contributed by atoms with van der Waals surface area (Å²) in [5.41, 5.74) is 0.404. The molecule has 0 bridgehead atoms. The van der Waals surface area contributed by atoms with E-state index in [0.717, 1.165) is 36.5 Å². The minimum atomic E-state index is -0.484. The highest BCUT2D eigenvalue weighted by atomic mass is 16.3. The lowest BCUT2D eigenvalue weighted by Crippen LogP contribution is -2.55. The maximum Gasteiger partial charge on any atom is 0.250 e. The van der Waals surface area contributed by atoms with Gasteiger partial charge in [-0.05, 0) is 116 Å². The molecule has 5 aliphatic carbocycles. The molecule has 0 aliphatic heterocycles. The summed E-state index contributed by atoms with van der Waals surface area (Å²) in [5, 5.41) is 22.0. The van der Waals surface area contributed by atoms with E-state index in [0.29, 0.717) is 29.2 Å². The second-order valence-electron chi connectivity index (χ2n) is 13.3. The van der Waals surface area contributed by atoms with E-state index < -0.39 is 6.10 Å². The highest BCUT2D eigenvalue weighted by Gasteiger charge is 2.68. The van der Waals surface area contributed by atoms with Crippen LogP contribution >= 0.6 is 0 Å². The molecule has 1 aromatic heterocycles. The van der Waals surface area contributed by atoms with E-state index in [9.17, 15) is 15.0 Å². The average molecular weight is 454 g/mol. The zero-order chi connectivity index (χ0) is 23.2. The van der Waals surface area contributed by atoms with E-state index in [4.69, 9.17) is 0 Å². The van der Waals surface area contributed by atoms with E-state index >= 15 is 0 Å². The summed E-state index contributed by atoms with van der Waals surface area (Å²) in [6.45, 7) is 7.76. The maximum absolute atomic E-state index is 12.2. The number of aromatic nitrogens is 1. The van der Waals surface area contributed by atoms with E-state index in [1.54, 1.807) is 22.9 Å². The van der Waals surface area contributed by atoms with Crippen LogP contribution in [0.5, 0.6) is 0 Å². The predicted octanol–water partition coefficient (Wildman–Crippen LogP) is 4.87. The second-order valence-corrected chi connectivity index (χ2v) is 13.3. The Hall–Kier alpha value is -1.13. The summed E-state index contributed by atoms with van der Waals surface area (Å²) in [5.74, 6) is 4.47. The van der Waals surface area contributed by atoms with Gasteiger partial charge in [-0.2, -0.15) is 0 Å². The molecule has 0 aromatic carbocycles. The Labute approximate surface area is 198 Å². The molecule has 6 rings (SSSR count).